The summed E-state index contributed by atoms with van der Waals surface area (Å²) in [6.07, 6.45) is 0.877. The lowest BCUT2D eigenvalue weighted by Crippen LogP contribution is -2.54. The zero-order valence-electron chi connectivity index (χ0n) is 10.3. The first-order chi connectivity index (χ1) is 7.58. The van der Waals surface area contributed by atoms with Gasteiger partial charge in [-0.25, -0.2) is 0 Å². The van der Waals surface area contributed by atoms with E-state index in [9.17, 15) is 9.59 Å². The first kappa shape index (κ1) is 13.0. The number of carbonyl (C=O) groups excluding carboxylic acids is 2. The minimum absolute atomic E-state index is 0.0548. The molecule has 0 radical (unpaired) electrons. The Morgan fingerprint density at radius 2 is 1.81 bits per heavy atom. The summed E-state index contributed by atoms with van der Waals surface area (Å²) in [4.78, 5) is 26.6. The quantitative estimate of drug-likeness (QED) is 0.700. The van der Waals surface area contributed by atoms with Crippen molar-refractivity contribution >= 4 is 11.8 Å². The second-order valence-electron chi connectivity index (χ2n) is 4.20. The zero-order valence-corrected chi connectivity index (χ0v) is 10.3. The molecule has 0 spiro atoms. The number of nitrogens with zero attached hydrogens (tertiary/aromatic N) is 2. The number of hydrogen-bond acceptors (Lipinski definition) is 3. The van der Waals surface area contributed by atoms with E-state index in [0.717, 1.165) is 6.42 Å². The van der Waals surface area contributed by atoms with Gasteiger partial charge in [-0.05, 0) is 27.3 Å². The minimum Gasteiger partial charge on any atom is -0.332 e. The van der Waals surface area contributed by atoms with Crippen LogP contribution in [-0.2, 0) is 9.59 Å². The maximum Gasteiger partial charge on any atom is 0.242 e. The average molecular weight is 227 g/mol. The minimum atomic E-state index is 0.0548. The summed E-state index contributed by atoms with van der Waals surface area (Å²) in [6.45, 7) is 5.71. The smallest absolute Gasteiger partial charge is 0.242 e. The molecule has 16 heavy (non-hydrogen) atoms. The first-order valence-electron chi connectivity index (χ1n) is 5.81. The topological polar surface area (TPSA) is 52.7 Å². The van der Waals surface area contributed by atoms with Crippen LogP contribution in [0.2, 0.25) is 0 Å². The van der Waals surface area contributed by atoms with Gasteiger partial charge in [-0.2, -0.15) is 0 Å². The lowest BCUT2D eigenvalue weighted by Gasteiger charge is -2.33. The lowest BCUT2D eigenvalue weighted by atomic mass is 10.2. The maximum absolute atomic E-state index is 11.7. The molecule has 1 fully saturated rings. The second-order valence-corrected chi connectivity index (χ2v) is 4.20. The van der Waals surface area contributed by atoms with Gasteiger partial charge in [0.15, 0.2) is 0 Å². The van der Waals surface area contributed by atoms with Crippen LogP contribution in [-0.4, -0.2) is 60.9 Å². The van der Waals surface area contributed by atoms with E-state index in [2.05, 4.69) is 12.2 Å². The Bertz CT molecular complexity index is 268. The lowest BCUT2D eigenvalue weighted by molar-refractivity contribution is -0.149. The fraction of sp³-hybridized carbons (Fsp3) is 0.818. The van der Waals surface area contributed by atoms with Crippen LogP contribution in [0, 0.1) is 0 Å². The molecule has 0 bridgehead atoms. The van der Waals surface area contributed by atoms with Crippen LogP contribution in [0.3, 0.4) is 0 Å². The van der Waals surface area contributed by atoms with Crippen LogP contribution in [0.15, 0.2) is 0 Å². The van der Waals surface area contributed by atoms with Crippen LogP contribution in [0.5, 0.6) is 0 Å². The number of rotatable bonds is 5. The van der Waals surface area contributed by atoms with Crippen LogP contribution in [0.1, 0.15) is 20.3 Å². The molecule has 1 heterocycles. The van der Waals surface area contributed by atoms with E-state index in [1.807, 2.05) is 14.0 Å². The molecule has 1 N–H and O–H groups in total. The van der Waals surface area contributed by atoms with Crippen molar-refractivity contribution in [2.75, 3.05) is 33.2 Å². The van der Waals surface area contributed by atoms with E-state index >= 15 is 0 Å². The summed E-state index contributed by atoms with van der Waals surface area (Å²) in [5.41, 5.74) is 0. The van der Waals surface area contributed by atoms with Crippen LogP contribution in [0.25, 0.3) is 0 Å². The van der Waals surface area contributed by atoms with Gasteiger partial charge in [-0.15, -0.1) is 0 Å². The Hall–Kier alpha value is -1.10. The summed E-state index contributed by atoms with van der Waals surface area (Å²) in [5.74, 6) is 0.115. The molecule has 1 rings (SSSR count). The maximum atomic E-state index is 11.7. The third-order valence-electron chi connectivity index (χ3n) is 3.06. The van der Waals surface area contributed by atoms with Crippen molar-refractivity contribution in [2.45, 2.75) is 26.3 Å². The second kappa shape index (κ2) is 5.84. The largest absolute Gasteiger partial charge is 0.332 e. The van der Waals surface area contributed by atoms with E-state index in [-0.39, 0.29) is 24.9 Å². The van der Waals surface area contributed by atoms with E-state index in [1.165, 1.54) is 0 Å². The highest BCUT2D eigenvalue weighted by Crippen LogP contribution is 2.06. The van der Waals surface area contributed by atoms with Gasteiger partial charge in [0.05, 0.1) is 13.1 Å². The van der Waals surface area contributed by atoms with Crippen LogP contribution >= 0.6 is 0 Å². The third-order valence-corrected chi connectivity index (χ3v) is 3.06. The molecule has 1 aliphatic rings. The number of likely N-dealkylation sites (N-methyl/N-ethyl adjacent to an activating group) is 1. The SMILES string of the molecule is CCN1CC(=O)N(CCC(C)NC)CC1=O. The number of hydrogen-bond donors (Lipinski definition) is 1. The van der Waals surface area contributed by atoms with Crippen molar-refractivity contribution in [3.63, 3.8) is 0 Å². The summed E-state index contributed by atoms with van der Waals surface area (Å²) < 4.78 is 0. The first-order valence-corrected chi connectivity index (χ1v) is 5.81. The van der Waals surface area contributed by atoms with Crippen molar-refractivity contribution < 1.29 is 9.59 Å². The monoisotopic (exact) mass is 227 g/mol. The summed E-state index contributed by atoms with van der Waals surface area (Å²) in [5, 5.41) is 3.12. The third kappa shape index (κ3) is 3.20. The van der Waals surface area contributed by atoms with Crippen molar-refractivity contribution in [1.29, 1.82) is 0 Å². The normalized spacial score (nSPS) is 19.2. The number of carbonyl (C=O) groups is 2. The predicted octanol–water partition coefficient (Wildman–Crippen LogP) is -0.325. The van der Waals surface area contributed by atoms with Crippen molar-refractivity contribution in [2.24, 2.45) is 0 Å². The van der Waals surface area contributed by atoms with Gasteiger partial charge >= 0.3 is 0 Å². The molecule has 0 aromatic heterocycles. The molecular formula is C11H21N3O2. The van der Waals surface area contributed by atoms with Crippen molar-refractivity contribution in [3.05, 3.63) is 0 Å². The molecule has 92 valence electrons. The van der Waals surface area contributed by atoms with Crippen molar-refractivity contribution in [1.82, 2.24) is 15.1 Å². The van der Waals surface area contributed by atoms with Gasteiger partial charge in [0.25, 0.3) is 0 Å². The van der Waals surface area contributed by atoms with Gasteiger partial charge in [-0.1, -0.05) is 0 Å². The summed E-state index contributed by atoms with van der Waals surface area (Å²) in [7, 11) is 1.90. The number of amides is 2. The van der Waals surface area contributed by atoms with Gasteiger partial charge < -0.3 is 15.1 Å². The molecule has 0 aromatic carbocycles. The van der Waals surface area contributed by atoms with E-state index in [1.54, 1.807) is 9.80 Å². The zero-order chi connectivity index (χ0) is 12.1. The molecule has 0 aliphatic carbocycles. The Balaban J connectivity index is 2.44. The Kier molecular flexibility index (Phi) is 4.73. The Labute approximate surface area is 96.8 Å². The molecular weight excluding hydrogens is 206 g/mol. The van der Waals surface area contributed by atoms with Gasteiger partial charge in [0, 0.05) is 19.1 Å². The van der Waals surface area contributed by atoms with Gasteiger partial charge in [-0.3, -0.25) is 9.59 Å². The highest BCUT2D eigenvalue weighted by atomic mass is 16.2. The van der Waals surface area contributed by atoms with Crippen molar-refractivity contribution in [3.8, 4) is 0 Å². The Morgan fingerprint density at radius 3 is 2.38 bits per heavy atom. The molecule has 0 aromatic rings. The predicted molar refractivity (Wildman–Crippen MR) is 62.0 cm³/mol. The molecule has 5 heteroatoms. The fourth-order valence-corrected chi connectivity index (χ4v) is 1.69. The standard InChI is InChI=1S/C11H21N3O2/c1-4-13-7-11(16)14(8-10(13)15)6-5-9(2)12-3/h9,12H,4-8H2,1-3H3. The van der Waals surface area contributed by atoms with E-state index in [4.69, 9.17) is 0 Å². The highest BCUT2D eigenvalue weighted by molar-refractivity contribution is 5.92. The average Bonchev–Trinajstić information content (AvgIpc) is 2.29. The number of nitrogens with one attached hydrogen (secondary N) is 1. The molecule has 1 unspecified atom stereocenters. The number of piperazine rings is 1. The molecule has 0 saturated carbocycles. The molecule has 1 saturated heterocycles. The summed E-state index contributed by atoms with van der Waals surface area (Å²) >= 11 is 0. The van der Waals surface area contributed by atoms with Gasteiger partial charge in [0.2, 0.25) is 11.8 Å². The van der Waals surface area contributed by atoms with Gasteiger partial charge in [0.1, 0.15) is 0 Å². The molecule has 1 atom stereocenters. The van der Waals surface area contributed by atoms with Crippen LogP contribution in [0.4, 0.5) is 0 Å². The summed E-state index contributed by atoms with van der Waals surface area (Å²) in [6, 6.07) is 0.368. The van der Waals surface area contributed by atoms with E-state index < -0.39 is 0 Å². The fourth-order valence-electron chi connectivity index (χ4n) is 1.69. The van der Waals surface area contributed by atoms with E-state index in [0.29, 0.717) is 19.1 Å². The Morgan fingerprint density at radius 1 is 1.25 bits per heavy atom. The molecule has 2 amide bonds. The highest BCUT2D eigenvalue weighted by Gasteiger charge is 2.28. The molecule has 1 aliphatic heterocycles. The molecule has 5 nitrogen and oxygen atoms in total. The van der Waals surface area contributed by atoms with Crippen LogP contribution < -0.4 is 5.32 Å².